The van der Waals surface area contributed by atoms with E-state index in [1.54, 1.807) is 23.5 Å². The number of hydrogen-bond donors (Lipinski definition) is 2. The number of amides is 1. The lowest BCUT2D eigenvalue weighted by molar-refractivity contribution is -0.117. The van der Waals surface area contributed by atoms with Crippen LogP contribution in [0, 0.1) is 0 Å². The summed E-state index contributed by atoms with van der Waals surface area (Å²) in [5.74, 6) is 0.398. The van der Waals surface area contributed by atoms with Gasteiger partial charge >= 0.3 is 0 Å². The van der Waals surface area contributed by atoms with Crippen LogP contribution in [0.15, 0.2) is 29.1 Å². The third kappa shape index (κ3) is 3.97. The number of nitrogens with one attached hydrogen (secondary N) is 2. The minimum atomic E-state index is -0.175. The molecule has 0 bridgehead atoms. The topological polar surface area (TPSA) is 78.1 Å². The van der Waals surface area contributed by atoms with Crippen molar-refractivity contribution in [2.24, 2.45) is 0 Å². The van der Waals surface area contributed by atoms with Gasteiger partial charge in [0, 0.05) is 4.88 Å². The highest BCUT2D eigenvalue weighted by Gasteiger charge is 2.20. The summed E-state index contributed by atoms with van der Waals surface area (Å²) in [7, 11) is 1.82. The van der Waals surface area contributed by atoms with Gasteiger partial charge in [-0.15, -0.1) is 11.3 Å². The third-order valence-corrected chi connectivity index (χ3v) is 6.37. The van der Waals surface area contributed by atoms with Gasteiger partial charge in [0.15, 0.2) is 0 Å². The van der Waals surface area contributed by atoms with Crippen molar-refractivity contribution in [3.63, 3.8) is 0 Å². The predicted octanol–water partition coefficient (Wildman–Crippen LogP) is 3.59. The number of thiophene rings is 1. The van der Waals surface area contributed by atoms with Crippen molar-refractivity contribution in [1.82, 2.24) is 14.9 Å². The molecule has 3 aromatic rings. The summed E-state index contributed by atoms with van der Waals surface area (Å²) in [5, 5.41) is 4.05. The second-order valence-electron chi connectivity index (χ2n) is 7.10. The van der Waals surface area contributed by atoms with E-state index < -0.39 is 0 Å². The molecule has 1 amide bonds. The Morgan fingerprint density at radius 3 is 2.93 bits per heavy atom. The number of aromatic amines is 1. The number of carbonyl (C=O) groups is 1. The molecule has 0 atom stereocenters. The van der Waals surface area contributed by atoms with Gasteiger partial charge < -0.3 is 10.3 Å². The summed E-state index contributed by atoms with van der Waals surface area (Å²) < 4.78 is 0. The highest BCUT2D eigenvalue weighted by Crippen LogP contribution is 2.33. The van der Waals surface area contributed by atoms with E-state index in [2.05, 4.69) is 15.3 Å². The first-order chi connectivity index (χ1) is 13.5. The van der Waals surface area contributed by atoms with Gasteiger partial charge in [-0.25, -0.2) is 4.98 Å². The van der Waals surface area contributed by atoms with Crippen LogP contribution in [0.1, 0.15) is 29.1 Å². The SMILES string of the molecule is CN(CC(=O)Nc1ccccc1Cl)Cc1nc2sc3c(c2c(=O)[nH]1)CCCC3. The van der Waals surface area contributed by atoms with Gasteiger partial charge in [0.1, 0.15) is 10.7 Å². The smallest absolute Gasteiger partial charge is 0.259 e. The fourth-order valence-corrected chi connectivity index (χ4v) is 5.06. The number of hydrogen-bond acceptors (Lipinski definition) is 5. The fourth-order valence-electron chi connectivity index (χ4n) is 3.59. The first kappa shape index (κ1) is 19.1. The van der Waals surface area contributed by atoms with Crippen LogP contribution in [0.2, 0.25) is 5.02 Å². The summed E-state index contributed by atoms with van der Waals surface area (Å²) in [6.07, 6.45) is 4.30. The number of nitrogens with zero attached hydrogens (tertiary/aromatic N) is 2. The summed E-state index contributed by atoms with van der Waals surface area (Å²) in [6.45, 7) is 0.539. The van der Waals surface area contributed by atoms with Gasteiger partial charge in [0.2, 0.25) is 5.91 Å². The normalized spacial score (nSPS) is 13.7. The first-order valence-electron chi connectivity index (χ1n) is 9.27. The number of fused-ring (bicyclic) bond motifs is 3. The highest BCUT2D eigenvalue weighted by molar-refractivity contribution is 7.18. The standard InChI is InChI=1S/C20H21ClN4O2S/c1-25(11-17(26)22-14-8-4-3-7-13(14)21)10-16-23-19(27)18-12-6-2-5-9-15(12)28-20(18)24-16/h3-4,7-8H,2,5-6,9-11H2,1H3,(H,22,26)(H,23,24,27). The molecule has 1 aliphatic rings. The molecule has 1 aliphatic carbocycles. The molecule has 6 nitrogen and oxygen atoms in total. The lowest BCUT2D eigenvalue weighted by Crippen LogP contribution is -2.31. The lowest BCUT2D eigenvalue weighted by Gasteiger charge is -2.16. The van der Waals surface area contributed by atoms with Gasteiger partial charge in [0.25, 0.3) is 5.56 Å². The molecule has 146 valence electrons. The molecule has 0 aliphatic heterocycles. The second-order valence-corrected chi connectivity index (χ2v) is 8.59. The molecule has 0 spiro atoms. The van der Waals surface area contributed by atoms with E-state index in [1.807, 2.05) is 24.1 Å². The lowest BCUT2D eigenvalue weighted by atomic mass is 9.97. The summed E-state index contributed by atoms with van der Waals surface area (Å²) in [5.41, 5.74) is 1.69. The van der Waals surface area contributed by atoms with E-state index in [0.29, 0.717) is 23.1 Å². The number of benzene rings is 1. The van der Waals surface area contributed by atoms with Crippen molar-refractivity contribution >= 4 is 44.7 Å². The summed E-state index contributed by atoms with van der Waals surface area (Å²) in [6, 6.07) is 7.11. The molecular weight excluding hydrogens is 396 g/mol. The van der Waals surface area contributed by atoms with E-state index in [-0.39, 0.29) is 18.0 Å². The Bertz CT molecular complexity index is 1090. The quantitative estimate of drug-likeness (QED) is 0.666. The molecule has 2 aromatic heterocycles. The number of H-pyrrole nitrogens is 1. The molecule has 28 heavy (non-hydrogen) atoms. The predicted molar refractivity (Wildman–Crippen MR) is 113 cm³/mol. The van der Waals surface area contributed by atoms with Crippen molar-refractivity contribution in [2.75, 3.05) is 18.9 Å². The van der Waals surface area contributed by atoms with Crippen LogP contribution in [0.4, 0.5) is 5.69 Å². The van der Waals surface area contributed by atoms with Crippen LogP contribution in [0.3, 0.4) is 0 Å². The Morgan fingerprint density at radius 1 is 1.32 bits per heavy atom. The maximum atomic E-state index is 12.6. The number of anilines is 1. The van der Waals surface area contributed by atoms with Crippen LogP contribution in [0.25, 0.3) is 10.2 Å². The molecule has 0 saturated heterocycles. The van der Waals surface area contributed by atoms with Crippen molar-refractivity contribution in [3.05, 3.63) is 55.9 Å². The minimum Gasteiger partial charge on any atom is -0.324 e. The molecule has 2 heterocycles. The summed E-state index contributed by atoms with van der Waals surface area (Å²) >= 11 is 7.70. The molecular formula is C20H21ClN4O2S. The second kappa shape index (κ2) is 8.03. The molecule has 0 saturated carbocycles. The highest BCUT2D eigenvalue weighted by atomic mass is 35.5. The monoisotopic (exact) mass is 416 g/mol. The average Bonchev–Trinajstić information content (AvgIpc) is 3.02. The minimum absolute atomic E-state index is 0.0756. The van der Waals surface area contributed by atoms with E-state index in [9.17, 15) is 9.59 Å². The number of halogens is 1. The zero-order valence-corrected chi connectivity index (χ0v) is 17.1. The molecule has 0 unspecified atom stereocenters. The molecule has 0 radical (unpaired) electrons. The Labute approximate surface area is 171 Å². The number of aromatic nitrogens is 2. The van der Waals surface area contributed by atoms with Crippen molar-refractivity contribution in [3.8, 4) is 0 Å². The van der Waals surface area contributed by atoms with Crippen LogP contribution in [0.5, 0.6) is 0 Å². The zero-order chi connectivity index (χ0) is 19.7. The maximum Gasteiger partial charge on any atom is 0.259 e. The average molecular weight is 417 g/mol. The Morgan fingerprint density at radius 2 is 2.11 bits per heavy atom. The van der Waals surface area contributed by atoms with Crippen molar-refractivity contribution in [1.29, 1.82) is 0 Å². The maximum absolute atomic E-state index is 12.6. The van der Waals surface area contributed by atoms with E-state index in [0.717, 1.165) is 29.5 Å². The Balaban J connectivity index is 1.46. The zero-order valence-electron chi connectivity index (χ0n) is 15.5. The van der Waals surface area contributed by atoms with Crippen LogP contribution in [-0.2, 0) is 24.2 Å². The van der Waals surface area contributed by atoms with Gasteiger partial charge in [-0.05, 0) is 50.4 Å². The van der Waals surface area contributed by atoms with Gasteiger partial charge in [0.05, 0.1) is 29.2 Å². The Kier molecular flexibility index (Phi) is 5.48. The largest absolute Gasteiger partial charge is 0.324 e. The van der Waals surface area contributed by atoms with Gasteiger partial charge in [-0.1, -0.05) is 23.7 Å². The van der Waals surface area contributed by atoms with Crippen molar-refractivity contribution in [2.45, 2.75) is 32.2 Å². The third-order valence-electron chi connectivity index (χ3n) is 4.86. The van der Waals surface area contributed by atoms with Crippen molar-refractivity contribution < 1.29 is 4.79 Å². The number of rotatable bonds is 5. The van der Waals surface area contributed by atoms with E-state index >= 15 is 0 Å². The molecule has 2 N–H and O–H groups in total. The fraction of sp³-hybridized carbons (Fsp3) is 0.350. The van der Waals surface area contributed by atoms with Crippen LogP contribution < -0.4 is 10.9 Å². The number of likely N-dealkylation sites (N-methyl/N-ethyl adjacent to an activating group) is 1. The molecule has 0 fully saturated rings. The van der Waals surface area contributed by atoms with Crippen LogP contribution >= 0.6 is 22.9 Å². The Hall–Kier alpha value is -2.22. The van der Waals surface area contributed by atoms with E-state index in [4.69, 9.17) is 11.6 Å². The van der Waals surface area contributed by atoms with Crippen LogP contribution in [-0.4, -0.2) is 34.4 Å². The summed E-state index contributed by atoms with van der Waals surface area (Å²) in [4.78, 5) is 36.3. The van der Waals surface area contributed by atoms with E-state index in [1.165, 1.54) is 16.9 Å². The van der Waals surface area contributed by atoms with Gasteiger partial charge in [-0.3, -0.25) is 14.5 Å². The first-order valence-corrected chi connectivity index (χ1v) is 10.5. The number of aryl methyl sites for hydroxylation is 2. The number of para-hydroxylation sites is 1. The molecule has 1 aromatic carbocycles. The van der Waals surface area contributed by atoms with Gasteiger partial charge in [-0.2, -0.15) is 0 Å². The number of carbonyl (C=O) groups excluding carboxylic acids is 1. The molecule has 8 heteroatoms. The molecule has 4 rings (SSSR count).